The summed E-state index contributed by atoms with van der Waals surface area (Å²) >= 11 is 7.69. The van der Waals surface area contributed by atoms with Crippen LogP contribution in [0.1, 0.15) is 43.6 Å². The molecule has 7 heteroatoms. The van der Waals surface area contributed by atoms with Gasteiger partial charge in [0, 0.05) is 18.1 Å². The summed E-state index contributed by atoms with van der Waals surface area (Å²) in [5.41, 5.74) is 2.12. The number of aliphatic hydroxyl groups is 1. The lowest BCUT2D eigenvalue weighted by atomic mass is 9.77. The number of thiophene rings is 1. The van der Waals surface area contributed by atoms with Gasteiger partial charge in [-0.15, -0.1) is 11.3 Å². The van der Waals surface area contributed by atoms with E-state index in [1.54, 1.807) is 11.3 Å². The number of aliphatic hydroxyl groups excluding tert-OH is 1. The lowest BCUT2D eigenvalue weighted by Gasteiger charge is -2.41. The third-order valence-electron chi connectivity index (χ3n) is 6.41. The molecule has 1 saturated heterocycles. The first-order valence-corrected chi connectivity index (χ1v) is 11.6. The van der Waals surface area contributed by atoms with Crippen molar-refractivity contribution in [2.45, 2.75) is 43.6 Å². The van der Waals surface area contributed by atoms with E-state index < -0.39 is 0 Å². The van der Waals surface area contributed by atoms with E-state index in [9.17, 15) is 5.11 Å². The van der Waals surface area contributed by atoms with Crippen LogP contribution in [-0.4, -0.2) is 40.3 Å². The minimum absolute atomic E-state index is 0.145. The third kappa shape index (κ3) is 3.69. The standard InChI is InChI=1S/C22H25ClN4OS/c23-17-4-2-15(3-5-17)16-6-11-27(12-7-16)21-24-18-8-13-29-19(18)20(25-21)26-22(14-28)9-1-10-22/h2-5,8,13,16,28H,1,6-7,9-12,14H2,(H,24,25,26). The summed E-state index contributed by atoms with van der Waals surface area (Å²) in [5, 5.41) is 16.3. The highest BCUT2D eigenvalue weighted by Gasteiger charge is 2.37. The molecule has 2 aromatic heterocycles. The second kappa shape index (κ2) is 7.74. The molecule has 1 saturated carbocycles. The number of aromatic nitrogens is 2. The van der Waals surface area contributed by atoms with Crippen molar-refractivity contribution in [3.05, 3.63) is 46.3 Å². The Balaban J connectivity index is 1.36. The number of benzene rings is 1. The molecule has 0 radical (unpaired) electrons. The van der Waals surface area contributed by atoms with Gasteiger partial charge in [0.2, 0.25) is 5.95 Å². The van der Waals surface area contributed by atoms with E-state index in [1.807, 2.05) is 12.1 Å². The average Bonchev–Trinajstić information content (AvgIpc) is 3.20. The van der Waals surface area contributed by atoms with Gasteiger partial charge in [0.25, 0.3) is 0 Å². The largest absolute Gasteiger partial charge is 0.394 e. The summed E-state index contributed by atoms with van der Waals surface area (Å²) in [4.78, 5) is 12.0. The summed E-state index contributed by atoms with van der Waals surface area (Å²) in [5.74, 6) is 2.22. The molecular formula is C22H25ClN4OS. The molecule has 0 bridgehead atoms. The topological polar surface area (TPSA) is 61.3 Å². The number of rotatable bonds is 5. The Labute approximate surface area is 179 Å². The Bertz CT molecular complexity index is 988. The van der Waals surface area contributed by atoms with Crippen molar-refractivity contribution in [2.24, 2.45) is 0 Å². The van der Waals surface area contributed by atoms with E-state index in [2.05, 4.69) is 33.8 Å². The van der Waals surface area contributed by atoms with Crippen molar-refractivity contribution >= 4 is 44.9 Å². The minimum Gasteiger partial charge on any atom is -0.394 e. The quantitative estimate of drug-likeness (QED) is 0.595. The number of halogens is 1. The van der Waals surface area contributed by atoms with Crippen LogP contribution in [0.5, 0.6) is 0 Å². The second-order valence-corrected chi connectivity index (χ2v) is 9.59. The van der Waals surface area contributed by atoms with Crippen LogP contribution < -0.4 is 10.2 Å². The average molecular weight is 429 g/mol. The summed E-state index contributed by atoms with van der Waals surface area (Å²) in [6.07, 6.45) is 5.29. The van der Waals surface area contributed by atoms with Crippen molar-refractivity contribution in [2.75, 3.05) is 29.9 Å². The number of hydrogen-bond acceptors (Lipinski definition) is 6. The Kier molecular flexibility index (Phi) is 5.10. The molecule has 0 unspecified atom stereocenters. The van der Waals surface area contributed by atoms with Crippen molar-refractivity contribution in [1.29, 1.82) is 0 Å². The Morgan fingerprint density at radius 2 is 1.90 bits per heavy atom. The number of nitrogens with one attached hydrogen (secondary N) is 1. The molecule has 0 spiro atoms. The maximum atomic E-state index is 9.87. The molecule has 5 nitrogen and oxygen atoms in total. The summed E-state index contributed by atoms with van der Waals surface area (Å²) in [6.45, 7) is 2.02. The van der Waals surface area contributed by atoms with Crippen LogP contribution in [0.3, 0.4) is 0 Å². The second-order valence-electron chi connectivity index (χ2n) is 8.24. The first-order valence-electron chi connectivity index (χ1n) is 10.3. The van der Waals surface area contributed by atoms with Gasteiger partial charge in [0.1, 0.15) is 5.82 Å². The summed E-state index contributed by atoms with van der Waals surface area (Å²) in [7, 11) is 0. The van der Waals surface area contributed by atoms with Crippen molar-refractivity contribution in [3.8, 4) is 0 Å². The predicted octanol–water partition coefficient (Wildman–Crippen LogP) is 5.06. The van der Waals surface area contributed by atoms with Gasteiger partial charge in [-0.05, 0) is 67.2 Å². The van der Waals surface area contributed by atoms with Crippen LogP contribution in [0.4, 0.5) is 11.8 Å². The van der Waals surface area contributed by atoms with Crippen molar-refractivity contribution in [1.82, 2.24) is 9.97 Å². The predicted molar refractivity (Wildman–Crippen MR) is 120 cm³/mol. The molecule has 2 aliphatic rings. The number of fused-ring (bicyclic) bond motifs is 1. The van der Waals surface area contributed by atoms with Crippen molar-refractivity contribution in [3.63, 3.8) is 0 Å². The molecule has 29 heavy (non-hydrogen) atoms. The molecule has 2 fully saturated rings. The van der Waals surface area contributed by atoms with Gasteiger partial charge in [-0.25, -0.2) is 4.98 Å². The molecule has 3 heterocycles. The minimum atomic E-state index is -0.218. The Morgan fingerprint density at radius 3 is 2.55 bits per heavy atom. The van der Waals surface area contributed by atoms with Crippen LogP contribution >= 0.6 is 22.9 Å². The highest BCUT2D eigenvalue weighted by molar-refractivity contribution is 7.17. The lowest BCUT2D eigenvalue weighted by molar-refractivity contribution is 0.144. The SMILES string of the molecule is OCC1(Nc2nc(N3CCC(c4ccc(Cl)cc4)CC3)nc3ccsc23)CCC1. The number of hydrogen-bond donors (Lipinski definition) is 2. The van der Waals surface area contributed by atoms with Crippen LogP contribution in [0.15, 0.2) is 35.7 Å². The molecule has 152 valence electrons. The van der Waals surface area contributed by atoms with Gasteiger partial charge in [0.15, 0.2) is 0 Å². The molecule has 0 amide bonds. The van der Waals surface area contributed by atoms with Crippen LogP contribution in [0.2, 0.25) is 5.02 Å². The van der Waals surface area contributed by atoms with E-state index in [1.165, 1.54) is 5.56 Å². The van der Waals surface area contributed by atoms with Crippen LogP contribution in [0, 0.1) is 0 Å². The zero-order chi connectivity index (χ0) is 19.8. The smallest absolute Gasteiger partial charge is 0.227 e. The van der Waals surface area contributed by atoms with Crippen molar-refractivity contribution < 1.29 is 5.11 Å². The number of nitrogens with zero attached hydrogens (tertiary/aromatic N) is 3. The van der Waals surface area contributed by atoms with Gasteiger partial charge >= 0.3 is 0 Å². The molecular weight excluding hydrogens is 404 g/mol. The molecule has 5 rings (SSSR count). The normalized spacial score (nSPS) is 19.3. The molecule has 0 atom stereocenters. The molecule has 1 aromatic carbocycles. The van der Waals surface area contributed by atoms with E-state index in [-0.39, 0.29) is 12.1 Å². The molecule has 2 N–H and O–H groups in total. The number of anilines is 2. The fourth-order valence-electron chi connectivity index (χ4n) is 4.40. The molecule has 1 aliphatic heterocycles. The fraction of sp³-hybridized carbons (Fsp3) is 0.455. The highest BCUT2D eigenvalue weighted by Crippen LogP contribution is 2.38. The highest BCUT2D eigenvalue weighted by atomic mass is 35.5. The monoisotopic (exact) mass is 428 g/mol. The Morgan fingerprint density at radius 1 is 1.14 bits per heavy atom. The van der Waals surface area contributed by atoms with Gasteiger partial charge in [-0.2, -0.15) is 4.98 Å². The first-order chi connectivity index (χ1) is 14.2. The summed E-state index contributed by atoms with van der Waals surface area (Å²) in [6, 6.07) is 10.3. The molecule has 1 aliphatic carbocycles. The Hall–Kier alpha value is -1.89. The maximum absolute atomic E-state index is 9.87. The maximum Gasteiger partial charge on any atom is 0.227 e. The third-order valence-corrected chi connectivity index (χ3v) is 7.57. The molecule has 3 aromatic rings. The van der Waals surface area contributed by atoms with Gasteiger partial charge < -0.3 is 15.3 Å². The van der Waals surface area contributed by atoms with Gasteiger partial charge in [0.05, 0.1) is 22.4 Å². The van der Waals surface area contributed by atoms with Gasteiger partial charge in [-0.1, -0.05) is 23.7 Å². The summed E-state index contributed by atoms with van der Waals surface area (Å²) < 4.78 is 1.07. The van der Waals surface area contributed by atoms with Gasteiger partial charge in [-0.3, -0.25) is 0 Å². The first kappa shape index (κ1) is 19.1. The zero-order valence-corrected chi connectivity index (χ0v) is 17.8. The number of piperidine rings is 1. The zero-order valence-electron chi connectivity index (χ0n) is 16.3. The fourth-order valence-corrected chi connectivity index (χ4v) is 5.30. The van der Waals surface area contributed by atoms with E-state index in [0.29, 0.717) is 5.92 Å². The van der Waals surface area contributed by atoms with Crippen LogP contribution in [0.25, 0.3) is 10.2 Å². The van der Waals surface area contributed by atoms with Crippen LogP contribution in [-0.2, 0) is 0 Å². The van der Waals surface area contributed by atoms with E-state index in [4.69, 9.17) is 21.6 Å². The van der Waals surface area contributed by atoms with E-state index in [0.717, 1.165) is 72.2 Å². The van der Waals surface area contributed by atoms with E-state index >= 15 is 0 Å². The lowest BCUT2D eigenvalue weighted by Crippen LogP contribution is -2.48.